The fourth-order valence-corrected chi connectivity index (χ4v) is 3.51. The van der Waals surface area contributed by atoms with Gasteiger partial charge in [0.25, 0.3) is 0 Å². The van der Waals surface area contributed by atoms with Gasteiger partial charge in [0.2, 0.25) is 0 Å². The van der Waals surface area contributed by atoms with E-state index in [1.165, 1.54) is 38.5 Å². The van der Waals surface area contributed by atoms with Crippen LogP contribution in [0, 0.1) is 0 Å². The zero-order valence-corrected chi connectivity index (χ0v) is 12.8. The molecule has 3 rings (SSSR count). The second-order valence-corrected chi connectivity index (χ2v) is 5.97. The third kappa shape index (κ3) is 2.51. The molecule has 2 aromatic rings. The van der Waals surface area contributed by atoms with Crippen molar-refractivity contribution in [2.45, 2.75) is 50.4 Å². The summed E-state index contributed by atoms with van der Waals surface area (Å²) < 4.78 is 2.11. The van der Waals surface area contributed by atoms with Crippen molar-refractivity contribution in [3.8, 4) is 0 Å². The zero-order chi connectivity index (χ0) is 13.9. The standard InChI is InChI=1S/C16H22ClN3/c1-19(13-8-4-2-3-5-9-13)16-14(12-17)20-11-7-6-10-15(20)18-16/h6-7,10-11,13H,2-5,8-9,12H2,1H3. The van der Waals surface area contributed by atoms with Crippen LogP contribution >= 0.6 is 11.6 Å². The van der Waals surface area contributed by atoms with Crippen molar-refractivity contribution in [1.82, 2.24) is 9.38 Å². The summed E-state index contributed by atoms with van der Waals surface area (Å²) in [5.41, 5.74) is 2.09. The van der Waals surface area contributed by atoms with Gasteiger partial charge in [0.05, 0.1) is 11.6 Å². The highest BCUT2D eigenvalue weighted by Crippen LogP contribution is 2.28. The topological polar surface area (TPSA) is 20.5 Å². The van der Waals surface area contributed by atoms with E-state index in [2.05, 4.69) is 16.3 Å². The molecule has 1 aliphatic rings. The lowest BCUT2D eigenvalue weighted by Gasteiger charge is -2.28. The predicted molar refractivity (Wildman–Crippen MR) is 84.6 cm³/mol. The maximum absolute atomic E-state index is 6.18. The van der Waals surface area contributed by atoms with E-state index in [9.17, 15) is 0 Å². The Bertz CT molecular complexity index is 570. The summed E-state index contributed by atoms with van der Waals surface area (Å²) in [5.74, 6) is 1.55. The van der Waals surface area contributed by atoms with Crippen molar-refractivity contribution in [2.75, 3.05) is 11.9 Å². The minimum Gasteiger partial charge on any atom is -0.355 e. The number of hydrogen-bond donors (Lipinski definition) is 0. The molecule has 1 aliphatic carbocycles. The molecule has 0 aromatic carbocycles. The summed E-state index contributed by atoms with van der Waals surface area (Å²) in [7, 11) is 2.17. The highest BCUT2D eigenvalue weighted by atomic mass is 35.5. The fraction of sp³-hybridized carbons (Fsp3) is 0.562. The molecule has 108 valence electrons. The Balaban J connectivity index is 1.95. The number of nitrogens with zero attached hydrogens (tertiary/aromatic N) is 3. The first-order chi connectivity index (χ1) is 9.81. The van der Waals surface area contributed by atoms with Gasteiger partial charge in [-0.3, -0.25) is 0 Å². The minimum atomic E-state index is 0.498. The van der Waals surface area contributed by atoms with Crippen LogP contribution in [0.5, 0.6) is 0 Å². The predicted octanol–water partition coefficient (Wildman–Crippen LogP) is 4.23. The number of hydrogen-bond acceptors (Lipinski definition) is 2. The molecule has 4 heteroatoms. The fourth-order valence-electron chi connectivity index (χ4n) is 3.26. The first kappa shape index (κ1) is 13.7. The van der Waals surface area contributed by atoms with Crippen LogP contribution in [0.4, 0.5) is 5.82 Å². The van der Waals surface area contributed by atoms with Crippen molar-refractivity contribution in [3.63, 3.8) is 0 Å². The second kappa shape index (κ2) is 6.04. The molecule has 0 unspecified atom stereocenters. The Labute approximate surface area is 125 Å². The van der Waals surface area contributed by atoms with Gasteiger partial charge in [-0.15, -0.1) is 11.6 Å². The first-order valence-corrected chi connectivity index (χ1v) is 8.09. The van der Waals surface area contributed by atoms with Gasteiger partial charge in [-0.05, 0) is 25.0 Å². The van der Waals surface area contributed by atoms with Crippen molar-refractivity contribution in [3.05, 3.63) is 30.1 Å². The van der Waals surface area contributed by atoms with Gasteiger partial charge >= 0.3 is 0 Å². The molecular weight excluding hydrogens is 270 g/mol. The Kier molecular flexibility index (Phi) is 4.16. The zero-order valence-electron chi connectivity index (χ0n) is 12.1. The number of fused-ring (bicyclic) bond motifs is 1. The highest BCUT2D eigenvalue weighted by molar-refractivity contribution is 6.17. The quantitative estimate of drug-likeness (QED) is 0.623. The van der Waals surface area contributed by atoms with E-state index in [4.69, 9.17) is 16.6 Å². The smallest absolute Gasteiger partial charge is 0.152 e. The van der Waals surface area contributed by atoms with Gasteiger partial charge in [0.15, 0.2) is 5.82 Å². The van der Waals surface area contributed by atoms with Crippen LogP contribution in [0.2, 0.25) is 0 Å². The number of rotatable bonds is 3. The molecule has 2 heterocycles. The number of alkyl halides is 1. The van der Waals surface area contributed by atoms with Gasteiger partial charge in [-0.2, -0.15) is 0 Å². The molecule has 0 saturated heterocycles. The molecule has 0 radical (unpaired) electrons. The van der Waals surface area contributed by atoms with E-state index in [-0.39, 0.29) is 0 Å². The monoisotopic (exact) mass is 291 g/mol. The molecule has 0 atom stereocenters. The Morgan fingerprint density at radius 1 is 1.25 bits per heavy atom. The normalized spacial score (nSPS) is 17.3. The van der Waals surface area contributed by atoms with Crippen LogP contribution in [0.15, 0.2) is 24.4 Å². The molecule has 0 amide bonds. The van der Waals surface area contributed by atoms with Gasteiger partial charge in [0.1, 0.15) is 5.65 Å². The van der Waals surface area contributed by atoms with Crippen LogP contribution in [0.3, 0.4) is 0 Å². The molecule has 3 nitrogen and oxygen atoms in total. The summed E-state index contributed by atoms with van der Waals surface area (Å²) in [6.45, 7) is 0. The third-order valence-corrected chi connectivity index (χ3v) is 4.69. The van der Waals surface area contributed by atoms with Crippen LogP contribution in [-0.2, 0) is 5.88 Å². The Hall–Kier alpha value is -1.22. The maximum atomic E-state index is 6.18. The van der Waals surface area contributed by atoms with Crippen LogP contribution in [0.1, 0.15) is 44.2 Å². The number of halogens is 1. The Morgan fingerprint density at radius 2 is 2.00 bits per heavy atom. The number of aromatic nitrogens is 2. The summed E-state index contributed by atoms with van der Waals surface area (Å²) in [6, 6.07) is 6.69. The molecule has 20 heavy (non-hydrogen) atoms. The van der Waals surface area contributed by atoms with E-state index in [0.717, 1.165) is 17.2 Å². The van der Waals surface area contributed by atoms with Crippen molar-refractivity contribution in [1.29, 1.82) is 0 Å². The van der Waals surface area contributed by atoms with Gasteiger partial charge < -0.3 is 9.30 Å². The molecule has 1 fully saturated rings. The highest BCUT2D eigenvalue weighted by Gasteiger charge is 2.22. The van der Waals surface area contributed by atoms with Gasteiger partial charge in [-0.1, -0.05) is 31.7 Å². The average Bonchev–Trinajstić information content (AvgIpc) is 2.65. The molecule has 0 spiro atoms. The molecule has 0 N–H and O–H groups in total. The van der Waals surface area contributed by atoms with E-state index in [0.29, 0.717) is 11.9 Å². The lowest BCUT2D eigenvalue weighted by molar-refractivity contribution is 0.549. The lowest BCUT2D eigenvalue weighted by Crippen LogP contribution is -2.32. The van der Waals surface area contributed by atoms with Crippen LogP contribution < -0.4 is 4.90 Å². The summed E-state index contributed by atoms with van der Waals surface area (Å²) in [4.78, 5) is 7.15. The molecule has 2 aromatic heterocycles. The molecule has 0 aliphatic heterocycles. The molecule has 0 bridgehead atoms. The number of pyridine rings is 1. The number of imidazole rings is 1. The van der Waals surface area contributed by atoms with Crippen LogP contribution in [0.25, 0.3) is 5.65 Å². The van der Waals surface area contributed by atoms with Gasteiger partial charge in [-0.25, -0.2) is 4.98 Å². The van der Waals surface area contributed by atoms with E-state index in [1.807, 2.05) is 24.4 Å². The van der Waals surface area contributed by atoms with Crippen molar-refractivity contribution >= 4 is 23.1 Å². The van der Waals surface area contributed by atoms with E-state index < -0.39 is 0 Å². The maximum Gasteiger partial charge on any atom is 0.152 e. The number of anilines is 1. The lowest BCUT2D eigenvalue weighted by atomic mass is 10.1. The van der Waals surface area contributed by atoms with Crippen molar-refractivity contribution < 1.29 is 0 Å². The van der Waals surface area contributed by atoms with E-state index >= 15 is 0 Å². The summed E-state index contributed by atoms with van der Waals surface area (Å²) in [5, 5.41) is 0. The second-order valence-electron chi connectivity index (χ2n) is 5.70. The average molecular weight is 292 g/mol. The minimum absolute atomic E-state index is 0.498. The van der Waals surface area contributed by atoms with Crippen LogP contribution in [-0.4, -0.2) is 22.5 Å². The van der Waals surface area contributed by atoms with Crippen molar-refractivity contribution in [2.24, 2.45) is 0 Å². The third-order valence-electron chi connectivity index (χ3n) is 4.44. The first-order valence-electron chi connectivity index (χ1n) is 7.56. The molecule has 1 saturated carbocycles. The van der Waals surface area contributed by atoms with E-state index in [1.54, 1.807) is 0 Å². The van der Waals surface area contributed by atoms with Gasteiger partial charge in [0, 0.05) is 19.3 Å². The summed E-state index contributed by atoms with van der Waals surface area (Å²) in [6.07, 6.45) is 10.00. The largest absolute Gasteiger partial charge is 0.355 e. The molecular formula is C16H22ClN3. The summed E-state index contributed by atoms with van der Waals surface area (Å²) >= 11 is 6.18. The SMILES string of the molecule is CN(c1nc2ccccn2c1CCl)C1CCCCCC1. The Morgan fingerprint density at radius 3 is 2.70 bits per heavy atom.